The van der Waals surface area contributed by atoms with Gasteiger partial charge in [0, 0.05) is 11.1 Å². The molecule has 1 heterocycles. The molecule has 1 N–H and O–H groups in total. The van der Waals surface area contributed by atoms with Crippen LogP contribution in [0.25, 0.3) is 10.1 Å². The highest BCUT2D eigenvalue weighted by atomic mass is 32.1. The summed E-state index contributed by atoms with van der Waals surface area (Å²) in [6, 6.07) is 8.04. The van der Waals surface area contributed by atoms with Crippen LogP contribution in [-0.2, 0) is 11.2 Å². The van der Waals surface area contributed by atoms with Gasteiger partial charge < -0.3 is 5.11 Å². The lowest BCUT2D eigenvalue weighted by atomic mass is 9.98. The number of fused-ring (bicyclic) bond motifs is 1. The largest absolute Gasteiger partial charge is 0.385 e. The first-order valence-corrected chi connectivity index (χ1v) is 6.63. The minimum absolute atomic E-state index is 0.0209. The fourth-order valence-electron chi connectivity index (χ4n) is 1.83. The molecule has 90 valence electrons. The van der Waals surface area contributed by atoms with E-state index in [0.29, 0.717) is 6.42 Å². The summed E-state index contributed by atoms with van der Waals surface area (Å²) in [4.78, 5) is 11.9. The minimum atomic E-state index is -0.853. The summed E-state index contributed by atoms with van der Waals surface area (Å²) in [6.07, 6.45) is -0.530. The molecule has 0 saturated heterocycles. The van der Waals surface area contributed by atoms with Crippen molar-refractivity contribution in [2.45, 2.75) is 26.4 Å². The van der Waals surface area contributed by atoms with Crippen molar-refractivity contribution >= 4 is 27.2 Å². The van der Waals surface area contributed by atoms with Crippen molar-refractivity contribution in [3.8, 4) is 0 Å². The fourth-order valence-corrected chi connectivity index (χ4v) is 2.80. The van der Waals surface area contributed by atoms with Crippen LogP contribution in [0.1, 0.15) is 19.4 Å². The Balaban J connectivity index is 2.22. The van der Waals surface area contributed by atoms with E-state index < -0.39 is 6.10 Å². The number of benzene rings is 1. The van der Waals surface area contributed by atoms with E-state index in [2.05, 4.69) is 0 Å². The van der Waals surface area contributed by atoms with Crippen LogP contribution in [0.2, 0.25) is 0 Å². The van der Waals surface area contributed by atoms with Crippen molar-refractivity contribution in [3.63, 3.8) is 0 Å². The standard InChI is InChI=1S/C14H16O2S/c1-9(2)14(16)12(15)7-10-8-17-13-6-4-3-5-11(10)13/h3-6,8-9,14,16H,7H2,1-2H3. The third-order valence-electron chi connectivity index (χ3n) is 2.89. The van der Waals surface area contributed by atoms with Crippen LogP contribution in [0.3, 0.4) is 0 Å². The highest BCUT2D eigenvalue weighted by molar-refractivity contribution is 7.17. The molecule has 2 nitrogen and oxygen atoms in total. The average Bonchev–Trinajstić information content (AvgIpc) is 2.71. The van der Waals surface area contributed by atoms with Gasteiger partial charge in [0.25, 0.3) is 0 Å². The molecule has 2 aromatic rings. The first kappa shape index (κ1) is 12.3. The molecule has 0 spiro atoms. The second-order valence-electron chi connectivity index (χ2n) is 4.59. The van der Waals surface area contributed by atoms with Gasteiger partial charge in [0.1, 0.15) is 6.10 Å². The highest BCUT2D eigenvalue weighted by Crippen LogP contribution is 2.26. The number of aliphatic hydroxyl groups is 1. The molecule has 1 unspecified atom stereocenters. The molecule has 0 aliphatic rings. The number of ketones is 1. The summed E-state index contributed by atoms with van der Waals surface area (Å²) in [5, 5.41) is 12.9. The van der Waals surface area contributed by atoms with Gasteiger partial charge in [-0.25, -0.2) is 0 Å². The molecular weight excluding hydrogens is 232 g/mol. The van der Waals surface area contributed by atoms with Gasteiger partial charge in [0.15, 0.2) is 5.78 Å². The molecule has 1 aromatic heterocycles. The van der Waals surface area contributed by atoms with Crippen LogP contribution in [-0.4, -0.2) is 17.0 Å². The van der Waals surface area contributed by atoms with Crippen LogP contribution >= 0.6 is 11.3 Å². The van der Waals surface area contributed by atoms with E-state index in [9.17, 15) is 9.90 Å². The Kier molecular flexibility index (Phi) is 3.60. The maximum atomic E-state index is 11.9. The third-order valence-corrected chi connectivity index (χ3v) is 3.90. The van der Waals surface area contributed by atoms with E-state index in [1.54, 1.807) is 11.3 Å². The molecule has 0 amide bonds. The van der Waals surface area contributed by atoms with Crippen LogP contribution in [0, 0.1) is 5.92 Å². The fraction of sp³-hybridized carbons (Fsp3) is 0.357. The molecule has 0 aliphatic heterocycles. The van der Waals surface area contributed by atoms with E-state index in [4.69, 9.17) is 0 Å². The normalized spacial score (nSPS) is 13.2. The van der Waals surface area contributed by atoms with Gasteiger partial charge in [-0.3, -0.25) is 4.79 Å². The van der Waals surface area contributed by atoms with Crippen LogP contribution in [0.5, 0.6) is 0 Å². The van der Waals surface area contributed by atoms with E-state index in [1.807, 2.05) is 43.5 Å². The first-order chi connectivity index (χ1) is 8.09. The second kappa shape index (κ2) is 4.98. The maximum Gasteiger partial charge on any atom is 0.165 e. The van der Waals surface area contributed by atoms with E-state index in [-0.39, 0.29) is 11.7 Å². The van der Waals surface area contributed by atoms with Crippen molar-refractivity contribution in [3.05, 3.63) is 35.2 Å². The quantitative estimate of drug-likeness (QED) is 0.903. The summed E-state index contributed by atoms with van der Waals surface area (Å²) in [6.45, 7) is 3.71. The molecule has 1 atom stereocenters. The van der Waals surface area contributed by atoms with Crippen LogP contribution < -0.4 is 0 Å². The first-order valence-electron chi connectivity index (χ1n) is 5.75. The second-order valence-corrected chi connectivity index (χ2v) is 5.50. The van der Waals surface area contributed by atoms with Crippen molar-refractivity contribution in [1.29, 1.82) is 0 Å². The van der Waals surface area contributed by atoms with Crippen molar-refractivity contribution in [2.24, 2.45) is 5.92 Å². The monoisotopic (exact) mass is 248 g/mol. The van der Waals surface area contributed by atoms with Crippen LogP contribution in [0.15, 0.2) is 29.6 Å². The topological polar surface area (TPSA) is 37.3 Å². The summed E-state index contributed by atoms with van der Waals surface area (Å²) in [5.74, 6) is -0.115. The molecule has 0 radical (unpaired) electrons. The number of rotatable bonds is 4. The van der Waals surface area contributed by atoms with Gasteiger partial charge in [-0.15, -0.1) is 11.3 Å². The van der Waals surface area contributed by atoms with Crippen molar-refractivity contribution in [2.75, 3.05) is 0 Å². The molecule has 3 heteroatoms. The number of hydrogen-bond acceptors (Lipinski definition) is 3. The highest BCUT2D eigenvalue weighted by Gasteiger charge is 2.20. The maximum absolute atomic E-state index is 11.9. The van der Waals surface area contributed by atoms with Crippen molar-refractivity contribution in [1.82, 2.24) is 0 Å². The molecule has 0 saturated carbocycles. The summed E-state index contributed by atoms with van der Waals surface area (Å²) >= 11 is 1.64. The molecule has 0 bridgehead atoms. The number of hydrogen-bond donors (Lipinski definition) is 1. The zero-order valence-corrected chi connectivity index (χ0v) is 10.8. The van der Waals surface area contributed by atoms with Gasteiger partial charge >= 0.3 is 0 Å². The molecule has 2 rings (SSSR count). The van der Waals surface area contributed by atoms with Gasteiger partial charge in [-0.1, -0.05) is 32.0 Å². The predicted octanol–water partition coefficient (Wildman–Crippen LogP) is 3.03. The number of thiophene rings is 1. The van der Waals surface area contributed by atoms with Crippen molar-refractivity contribution < 1.29 is 9.90 Å². The van der Waals surface area contributed by atoms with E-state index >= 15 is 0 Å². The van der Waals surface area contributed by atoms with Gasteiger partial charge in [-0.2, -0.15) is 0 Å². The number of carbonyl (C=O) groups is 1. The molecular formula is C14H16O2S. The Morgan fingerprint density at radius 1 is 1.35 bits per heavy atom. The summed E-state index contributed by atoms with van der Waals surface area (Å²) < 4.78 is 1.19. The zero-order valence-electron chi connectivity index (χ0n) is 10.0. The SMILES string of the molecule is CC(C)C(O)C(=O)Cc1csc2ccccc12. The van der Waals surface area contributed by atoms with E-state index in [1.165, 1.54) is 4.70 Å². The molecule has 0 aliphatic carbocycles. The lowest BCUT2D eigenvalue weighted by Gasteiger charge is -2.12. The van der Waals surface area contributed by atoms with E-state index in [0.717, 1.165) is 10.9 Å². The molecule has 17 heavy (non-hydrogen) atoms. The lowest BCUT2D eigenvalue weighted by molar-refractivity contribution is -0.128. The Morgan fingerprint density at radius 3 is 2.76 bits per heavy atom. The third kappa shape index (κ3) is 2.56. The Bertz CT molecular complexity index is 528. The Hall–Kier alpha value is -1.19. The molecule has 1 aromatic carbocycles. The lowest BCUT2D eigenvalue weighted by Crippen LogP contribution is -2.27. The summed E-state index contributed by atoms with van der Waals surface area (Å²) in [5.41, 5.74) is 1.02. The van der Waals surface area contributed by atoms with Gasteiger partial charge in [0.05, 0.1) is 0 Å². The van der Waals surface area contributed by atoms with Gasteiger partial charge in [-0.05, 0) is 28.3 Å². The minimum Gasteiger partial charge on any atom is -0.385 e. The smallest absolute Gasteiger partial charge is 0.165 e. The van der Waals surface area contributed by atoms with Crippen LogP contribution in [0.4, 0.5) is 0 Å². The Labute approximate surface area is 105 Å². The number of aliphatic hydroxyl groups excluding tert-OH is 1. The predicted molar refractivity (Wildman–Crippen MR) is 71.4 cm³/mol. The number of carbonyl (C=O) groups excluding carboxylic acids is 1. The molecule has 0 fully saturated rings. The van der Waals surface area contributed by atoms with Gasteiger partial charge in [0.2, 0.25) is 0 Å². The Morgan fingerprint density at radius 2 is 2.06 bits per heavy atom. The average molecular weight is 248 g/mol. The summed E-state index contributed by atoms with van der Waals surface area (Å²) in [7, 11) is 0. The zero-order chi connectivity index (χ0) is 12.4. The number of Topliss-reactive ketones (excluding diaryl/α,β-unsaturated/α-hetero) is 1.